The Morgan fingerprint density at radius 1 is 1.09 bits per heavy atom. The lowest BCUT2D eigenvalue weighted by Gasteiger charge is -1.94. The highest BCUT2D eigenvalue weighted by Gasteiger charge is 1.84. The third-order valence-electron chi connectivity index (χ3n) is 1.02. The summed E-state index contributed by atoms with van der Waals surface area (Å²) in [5.74, 6) is 0. The summed E-state index contributed by atoms with van der Waals surface area (Å²) >= 11 is 0. The minimum absolute atomic E-state index is 0.0656. The summed E-state index contributed by atoms with van der Waals surface area (Å²) in [5.41, 5.74) is 10.7. The van der Waals surface area contributed by atoms with Crippen molar-refractivity contribution in [2.45, 2.75) is 6.04 Å². The standard InChI is InChI=1S/C9H14N2/c1-2-3-6-9(11)7-4-5-8-10/h2-9H,1,10-11H2/b6-3-,7-4-,8-5-. The summed E-state index contributed by atoms with van der Waals surface area (Å²) in [4.78, 5) is 0. The molecule has 0 saturated heterocycles. The molecule has 0 fully saturated rings. The zero-order valence-electron chi connectivity index (χ0n) is 6.48. The highest BCUT2D eigenvalue weighted by atomic mass is 14.6. The topological polar surface area (TPSA) is 52.0 Å². The Balaban J connectivity index is 3.75. The van der Waals surface area contributed by atoms with Crippen molar-refractivity contribution < 1.29 is 0 Å². The molecular weight excluding hydrogens is 136 g/mol. The quantitative estimate of drug-likeness (QED) is 0.589. The predicted molar refractivity (Wildman–Crippen MR) is 49.8 cm³/mol. The molecule has 4 N–H and O–H groups in total. The number of allylic oxidation sites excluding steroid dienone is 4. The van der Waals surface area contributed by atoms with Crippen molar-refractivity contribution in [3.05, 3.63) is 49.2 Å². The molecule has 0 saturated carbocycles. The van der Waals surface area contributed by atoms with E-state index < -0.39 is 0 Å². The van der Waals surface area contributed by atoms with Gasteiger partial charge in [0.2, 0.25) is 0 Å². The molecule has 0 aliphatic rings. The van der Waals surface area contributed by atoms with Crippen molar-refractivity contribution in [2.24, 2.45) is 11.5 Å². The van der Waals surface area contributed by atoms with E-state index in [1.807, 2.05) is 12.2 Å². The van der Waals surface area contributed by atoms with E-state index in [-0.39, 0.29) is 6.04 Å². The smallest absolute Gasteiger partial charge is 0.0416 e. The largest absolute Gasteiger partial charge is 0.405 e. The average Bonchev–Trinajstić information content (AvgIpc) is 2.01. The fraction of sp³-hybridized carbons (Fsp3) is 0.111. The molecule has 0 aliphatic heterocycles. The molecule has 0 radical (unpaired) electrons. The lowest BCUT2D eigenvalue weighted by molar-refractivity contribution is 1.03. The number of nitrogens with two attached hydrogens (primary N) is 2. The van der Waals surface area contributed by atoms with Crippen LogP contribution in [0.4, 0.5) is 0 Å². The van der Waals surface area contributed by atoms with E-state index in [0.717, 1.165) is 0 Å². The van der Waals surface area contributed by atoms with Crippen LogP contribution in [0.5, 0.6) is 0 Å². The summed E-state index contributed by atoms with van der Waals surface area (Å²) in [5, 5.41) is 0. The van der Waals surface area contributed by atoms with Crippen molar-refractivity contribution in [1.29, 1.82) is 0 Å². The summed E-state index contributed by atoms with van der Waals surface area (Å²) in [6, 6.07) is -0.0656. The van der Waals surface area contributed by atoms with Crippen LogP contribution in [0, 0.1) is 0 Å². The first-order valence-electron chi connectivity index (χ1n) is 3.41. The molecule has 2 heteroatoms. The van der Waals surface area contributed by atoms with E-state index in [1.54, 1.807) is 24.3 Å². The molecule has 0 aromatic heterocycles. The first kappa shape index (κ1) is 9.72. The zero-order valence-corrected chi connectivity index (χ0v) is 6.48. The van der Waals surface area contributed by atoms with Crippen molar-refractivity contribution in [3.8, 4) is 0 Å². The maximum atomic E-state index is 5.60. The Bertz CT molecular complexity index is 178. The first-order valence-corrected chi connectivity index (χ1v) is 3.41. The van der Waals surface area contributed by atoms with Crippen LogP contribution in [-0.4, -0.2) is 6.04 Å². The molecule has 0 heterocycles. The molecule has 1 unspecified atom stereocenters. The molecule has 0 aromatic rings. The van der Waals surface area contributed by atoms with Crippen molar-refractivity contribution in [1.82, 2.24) is 0 Å². The number of hydrogen-bond donors (Lipinski definition) is 2. The van der Waals surface area contributed by atoms with E-state index in [0.29, 0.717) is 0 Å². The maximum Gasteiger partial charge on any atom is 0.0416 e. The molecule has 60 valence electrons. The normalized spacial score (nSPS) is 15.0. The summed E-state index contributed by atoms with van der Waals surface area (Å²) < 4.78 is 0. The number of rotatable bonds is 4. The van der Waals surface area contributed by atoms with Gasteiger partial charge in [-0.15, -0.1) is 0 Å². The highest BCUT2D eigenvalue weighted by molar-refractivity contribution is 5.12. The van der Waals surface area contributed by atoms with Gasteiger partial charge >= 0.3 is 0 Å². The van der Waals surface area contributed by atoms with E-state index >= 15 is 0 Å². The summed E-state index contributed by atoms with van der Waals surface area (Å²) in [7, 11) is 0. The Kier molecular flexibility index (Phi) is 6.04. The second kappa shape index (κ2) is 6.83. The molecule has 0 rings (SSSR count). The Morgan fingerprint density at radius 2 is 1.73 bits per heavy atom. The van der Waals surface area contributed by atoms with Crippen molar-refractivity contribution in [2.75, 3.05) is 0 Å². The van der Waals surface area contributed by atoms with Gasteiger partial charge in [0.1, 0.15) is 0 Å². The van der Waals surface area contributed by atoms with Gasteiger partial charge < -0.3 is 11.5 Å². The van der Waals surface area contributed by atoms with Crippen LogP contribution < -0.4 is 11.5 Å². The van der Waals surface area contributed by atoms with Gasteiger partial charge in [0.25, 0.3) is 0 Å². The van der Waals surface area contributed by atoms with Crippen LogP contribution in [0.1, 0.15) is 0 Å². The summed E-state index contributed by atoms with van der Waals surface area (Å²) in [6.45, 7) is 3.53. The van der Waals surface area contributed by atoms with Gasteiger partial charge in [0.15, 0.2) is 0 Å². The maximum absolute atomic E-state index is 5.60. The Hall–Kier alpha value is -1.28. The fourth-order valence-corrected chi connectivity index (χ4v) is 0.528. The Morgan fingerprint density at radius 3 is 2.27 bits per heavy atom. The molecule has 11 heavy (non-hydrogen) atoms. The van der Waals surface area contributed by atoms with Crippen LogP contribution in [0.2, 0.25) is 0 Å². The van der Waals surface area contributed by atoms with Gasteiger partial charge in [-0.3, -0.25) is 0 Å². The minimum Gasteiger partial charge on any atom is -0.405 e. The van der Waals surface area contributed by atoms with Gasteiger partial charge in [-0.25, -0.2) is 0 Å². The lowest BCUT2D eigenvalue weighted by Crippen LogP contribution is -2.12. The zero-order chi connectivity index (χ0) is 8.53. The second-order valence-electron chi connectivity index (χ2n) is 1.97. The van der Waals surface area contributed by atoms with Gasteiger partial charge in [-0.05, 0) is 12.3 Å². The van der Waals surface area contributed by atoms with Gasteiger partial charge in [0.05, 0.1) is 0 Å². The van der Waals surface area contributed by atoms with E-state index in [9.17, 15) is 0 Å². The van der Waals surface area contributed by atoms with Gasteiger partial charge in [0, 0.05) is 6.04 Å². The molecule has 0 bridgehead atoms. The predicted octanol–water partition coefficient (Wildman–Crippen LogP) is 1.08. The monoisotopic (exact) mass is 150 g/mol. The highest BCUT2D eigenvalue weighted by Crippen LogP contribution is 1.85. The Labute approximate surface area is 67.6 Å². The van der Waals surface area contributed by atoms with Crippen LogP contribution >= 0.6 is 0 Å². The first-order chi connectivity index (χ1) is 5.31. The molecule has 2 nitrogen and oxygen atoms in total. The fourth-order valence-electron chi connectivity index (χ4n) is 0.528. The molecular formula is C9H14N2. The van der Waals surface area contributed by atoms with E-state index in [4.69, 9.17) is 11.5 Å². The molecule has 0 spiro atoms. The third kappa shape index (κ3) is 6.61. The van der Waals surface area contributed by atoms with Gasteiger partial charge in [-0.2, -0.15) is 0 Å². The van der Waals surface area contributed by atoms with Crippen LogP contribution in [0.15, 0.2) is 49.2 Å². The van der Waals surface area contributed by atoms with E-state index in [1.165, 1.54) is 6.20 Å². The SMILES string of the molecule is C=C/C=C\C(N)/C=C\C=C/N. The van der Waals surface area contributed by atoms with E-state index in [2.05, 4.69) is 6.58 Å². The van der Waals surface area contributed by atoms with Crippen molar-refractivity contribution in [3.63, 3.8) is 0 Å². The van der Waals surface area contributed by atoms with Crippen LogP contribution in [0.3, 0.4) is 0 Å². The molecule has 1 atom stereocenters. The number of hydrogen-bond acceptors (Lipinski definition) is 2. The molecule has 0 aliphatic carbocycles. The minimum atomic E-state index is -0.0656. The lowest BCUT2D eigenvalue weighted by atomic mass is 10.2. The molecule has 0 amide bonds. The van der Waals surface area contributed by atoms with Crippen LogP contribution in [0.25, 0.3) is 0 Å². The van der Waals surface area contributed by atoms with Crippen LogP contribution in [-0.2, 0) is 0 Å². The van der Waals surface area contributed by atoms with Gasteiger partial charge in [-0.1, -0.05) is 37.0 Å². The molecule has 0 aromatic carbocycles. The van der Waals surface area contributed by atoms with Crippen molar-refractivity contribution >= 4 is 0 Å². The third-order valence-corrected chi connectivity index (χ3v) is 1.02. The second-order valence-corrected chi connectivity index (χ2v) is 1.97. The summed E-state index contributed by atoms with van der Waals surface area (Å²) in [6.07, 6.45) is 12.2. The average molecular weight is 150 g/mol.